The summed E-state index contributed by atoms with van der Waals surface area (Å²) in [6, 6.07) is 5.48. The van der Waals surface area contributed by atoms with E-state index in [0.717, 1.165) is 41.7 Å². The van der Waals surface area contributed by atoms with Gasteiger partial charge in [0.2, 0.25) is 0 Å². The number of carbonyl (C=O) groups excluding carboxylic acids is 1. The summed E-state index contributed by atoms with van der Waals surface area (Å²) in [5, 5.41) is 7.20. The highest BCUT2D eigenvalue weighted by Crippen LogP contribution is 2.44. The lowest BCUT2D eigenvalue weighted by Gasteiger charge is -2.38. The largest absolute Gasteiger partial charge is 0.410 e. The molecule has 0 radical (unpaired) electrons. The molecule has 9 heteroatoms. The maximum absolute atomic E-state index is 13.9. The molecule has 0 saturated carbocycles. The maximum Gasteiger partial charge on any atom is 0.410 e. The van der Waals surface area contributed by atoms with E-state index >= 15 is 0 Å². The van der Waals surface area contributed by atoms with Gasteiger partial charge >= 0.3 is 6.18 Å². The summed E-state index contributed by atoms with van der Waals surface area (Å²) in [5.74, 6) is -0.0798. The average molecular weight is 433 g/mol. The molecule has 166 valence electrons. The quantitative estimate of drug-likeness (QED) is 0.784. The van der Waals surface area contributed by atoms with Crippen LogP contribution in [-0.2, 0) is 0 Å². The number of carbonyl (C=O) groups is 1. The highest BCUT2D eigenvalue weighted by atomic mass is 19.4. The third kappa shape index (κ3) is 3.69. The minimum absolute atomic E-state index is 0.165. The van der Waals surface area contributed by atoms with E-state index in [0.29, 0.717) is 19.1 Å². The number of piperazine rings is 1. The number of hydrogen-bond acceptors (Lipinski definition) is 4. The van der Waals surface area contributed by atoms with Gasteiger partial charge in [-0.3, -0.25) is 9.69 Å². The van der Waals surface area contributed by atoms with Crippen molar-refractivity contribution in [2.45, 2.75) is 50.5 Å². The van der Waals surface area contributed by atoms with Gasteiger partial charge in [-0.05, 0) is 31.9 Å². The van der Waals surface area contributed by atoms with E-state index in [9.17, 15) is 18.0 Å². The molecular formula is C22H26F3N5O. The molecule has 6 nitrogen and oxygen atoms in total. The first kappa shape index (κ1) is 20.4. The first-order valence-electron chi connectivity index (χ1n) is 10.8. The Labute approximate surface area is 179 Å². The second-order valence-corrected chi connectivity index (χ2v) is 8.84. The molecule has 0 aliphatic carbocycles. The number of fused-ring (bicyclic) bond motifs is 2. The first-order chi connectivity index (χ1) is 14.8. The molecular weight excluding hydrogens is 407 g/mol. The second kappa shape index (κ2) is 7.55. The second-order valence-electron chi connectivity index (χ2n) is 8.84. The molecule has 2 fully saturated rings. The summed E-state index contributed by atoms with van der Waals surface area (Å²) in [4.78, 5) is 17.5. The Bertz CT molecular complexity index is 971. The molecule has 0 spiro atoms. The van der Waals surface area contributed by atoms with Gasteiger partial charge < -0.3 is 10.2 Å². The van der Waals surface area contributed by atoms with Gasteiger partial charge in [0.05, 0.1) is 12.2 Å². The van der Waals surface area contributed by atoms with Gasteiger partial charge in [0.25, 0.3) is 5.91 Å². The molecule has 2 saturated heterocycles. The molecule has 2 aromatic rings. The Morgan fingerprint density at radius 1 is 1.16 bits per heavy atom. The maximum atomic E-state index is 13.9. The number of amides is 1. The summed E-state index contributed by atoms with van der Waals surface area (Å²) in [5.41, 5.74) is 2.03. The van der Waals surface area contributed by atoms with Crippen molar-refractivity contribution in [2.24, 2.45) is 0 Å². The number of benzene rings is 1. The van der Waals surface area contributed by atoms with Crippen LogP contribution in [0.2, 0.25) is 0 Å². The minimum atomic E-state index is -4.46. The highest BCUT2D eigenvalue weighted by molar-refractivity contribution is 5.99. The molecule has 3 aliphatic heterocycles. The summed E-state index contributed by atoms with van der Waals surface area (Å²) in [6.07, 6.45) is -1.15. The van der Waals surface area contributed by atoms with Crippen LogP contribution in [-0.4, -0.2) is 63.9 Å². The summed E-state index contributed by atoms with van der Waals surface area (Å²) in [7, 11) is 0. The van der Waals surface area contributed by atoms with Gasteiger partial charge in [-0.2, -0.15) is 18.3 Å². The summed E-state index contributed by atoms with van der Waals surface area (Å²) in [6.45, 7) is 5.01. The number of halogens is 3. The van der Waals surface area contributed by atoms with Gasteiger partial charge in [0.1, 0.15) is 11.4 Å². The van der Waals surface area contributed by atoms with Gasteiger partial charge in [0.15, 0.2) is 6.04 Å². The molecule has 31 heavy (non-hydrogen) atoms. The molecule has 1 N–H and O–H groups in total. The van der Waals surface area contributed by atoms with Gasteiger partial charge in [-0.25, -0.2) is 4.68 Å². The Balaban J connectivity index is 1.46. The molecule has 4 heterocycles. The molecule has 1 amide bonds. The molecule has 0 bridgehead atoms. The Morgan fingerprint density at radius 3 is 2.68 bits per heavy atom. The van der Waals surface area contributed by atoms with E-state index < -0.39 is 18.3 Å². The van der Waals surface area contributed by atoms with Crippen molar-refractivity contribution in [1.82, 2.24) is 19.6 Å². The summed E-state index contributed by atoms with van der Waals surface area (Å²) >= 11 is 0. The minimum Gasteiger partial charge on any atom is -0.363 e. The fourth-order valence-corrected chi connectivity index (χ4v) is 5.08. The van der Waals surface area contributed by atoms with E-state index in [1.165, 1.54) is 6.20 Å². The van der Waals surface area contributed by atoms with Crippen LogP contribution in [0.1, 0.15) is 52.8 Å². The third-order valence-corrected chi connectivity index (χ3v) is 6.82. The normalized spacial score (nSPS) is 26.3. The predicted molar refractivity (Wildman–Crippen MR) is 110 cm³/mol. The third-order valence-electron chi connectivity index (χ3n) is 6.82. The molecule has 0 unspecified atom stereocenters. The van der Waals surface area contributed by atoms with Crippen LogP contribution in [0.15, 0.2) is 30.5 Å². The first-order valence-corrected chi connectivity index (χ1v) is 10.8. The van der Waals surface area contributed by atoms with Crippen LogP contribution in [0.25, 0.3) is 0 Å². The van der Waals surface area contributed by atoms with Crippen molar-refractivity contribution in [1.29, 1.82) is 0 Å². The number of aryl methyl sites for hydroxylation is 1. The Morgan fingerprint density at radius 2 is 1.94 bits per heavy atom. The molecule has 1 aromatic carbocycles. The smallest absolute Gasteiger partial charge is 0.363 e. The van der Waals surface area contributed by atoms with Crippen molar-refractivity contribution >= 4 is 11.7 Å². The zero-order valence-electron chi connectivity index (χ0n) is 17.4. The zero-order chi connectivity index (χ0) is 21.8. The topological polar surface area (TPSA) is 53.4 Å². The van der Waals surface area contributed by atoms with Crippen molar-refractivity contribution in [2.75, 3.05) is 31.5 Å². The van der Waals surface area contributed by atoms with E-state index in [1.807, 2.05) is 31.2 Å². The van der Waals surface area contributed by atoms with Crippen LogP contribution in [0, 0.1) is 6.92 Å². The number of alkyl halides is 3. The van der Waals surface area contributed by atoms with Gasteiger partial charge in [-0.1, -0.05) is 29.8 Å². The lowest BCUT2D eigenvalue weighted by atomic mass is 9.96. The Hall–Kier alpha value is -2.55. The number of hydrogen-bond donors (Lipinski definition) is 1. The van der Waals surface area contributed by atoms with E-state index in [1.54, 1.807) is 4.90 Å². The number of aromatic nitrogens is 2. The van der Waals surface area contributed by atoms with Gasteiger partial charge in [-0.15, -0.1) is 0 Å². The number of anilines is 1. The molecule has 1 aromatic heterocycles. The molecule has 5 rings (SSSR count). The van der Waals surface area contributed by atoms with Crippen molar-refractivity contribution in [3.63, 3.8) is 0 Å². The van der Waals surface area contributed by atoms with Crippen LogP contribution >= 0.6 is 0 Å². The van der Waals surface area contributed by atoms with E-state index in [-0.39, 0.29) is 23.7 Å². The monoisotopic (exact) mass is 433 g/mol. The van der Waals surface area contributed by atoms with Crippen LogP contribution in [0.4, 0.5) is 19.0 Å². The van der Waals surface area contributed by atoms with Crippen LogP contribution in [0.3, 0.4) is 0 Å². The standard InChI is InChI=1S/C22H26F3N5O/c1-14-4-6-15(7-5-14)18-11-19(22(23,24)25)30-20(27-18)17(12-26-30)21(31)29-10-9-28-8-2-3-16(28)13-29/h4-7,12,16,18-19,27H,2-3,8-11,13H2,1H3/t16-,18+,19+/m1/s1. The fourth-order valence-electron chi connectivity index (χ4n) is 5.08. The SMILES string of the molecule is Cc1ccc([C@@H]2C[C@@H](C(F)(F)F)n3ncc(C(=O)N4CCN5CCC[C@@H]5C4)c3N2)cc1. The summed E-state index contributed by atoms with van der Waals surface area (Å²) < 4.78 is 42.6. The number of nitrogens with zero attached hydrogens (tertiary/aromatic N) is 4. The number of nitrogens with one attached hydrogen (secondary N) is 1. The van der Waals surface area contributed by atoms with Crippen LogP contribution < -0.4 is 5.32 Å². The van der Waals surface area contributed by atoms with Crippen LogP contribution in [0.5, 0.6) is 0 Å². The Kier molecular flexibility index (Phi) is 4.96. The lowest BCUT2D eigenvalue weighted by molar-refractivity contribution is -0.173. The predicted octanol–water partition coefficient (Wildman–Crippen LogP) is 3.77. The number of rotatable bonds is 2. The van der Waals surface area contributed by atoms with E-state index in [2.05, 4.69) is 15.3 Å². The van der Waals surface area contributed by atoms with Crippen molar-refractivity contribution < 1.29 is 18.0 Å². The van der Waals surface area contributed by atoms with E-state index in [4.69, 9.17) is 0 Å². The van der Waals surface area contributed by atoms with Crippen molar-refractivity contribution in [3.8, 4) is 0 Å². The molecule has 3 aliphatic rings. The average Bonchev–Trinajstić information content (AvgIpc) is 3.38. The van der Waals surface area contributed by atoms with Gasteiger partial charge in [0, 0.05) is 32.1 Å². The highest BCUT2D eigenvalue weighted by Gasteiger charge is 2.47. The lowest BCUT2D eigenvalue weighted by Crippen LogP contribution is -2.52. The van der Waals surface area contributed by atoms with Crippen molar-refractivity contribution in [3.05, 3.63) is 47.2 Å². The fraction of sp³-hybridized carbons (Fsp3) is 0.545. The molecule has 3 atom stereocenters. The zero-order valence-corrected chi connectivity index (χ0v) is 17.4.